The Bertz CT molecular complexity index is 571. The zero-order valence-corrected chi connectivity index (χ0v) is 13.7. The minimum atomic E-state index is -0.783. The molecular weight excluding hydrogens is 296 g/mol. The summed E-state index contributed by atoms with van der Waals surface area (Å²) in [4.78, 5) is 31.7. The molecule has 0 saturated carbocycles. The molecule has 3 heterocycles. The lowest BCUT2D eigenvalue weighted by atomic mass is 9.98. The SMILES string of the molecule is CC1(C)NC(=O)N(CCN2CCCC(Cn3cncn3)C2)C1=O. The first-order valence-electron chi connectivity index (χ1n) is 8.14. The molecule has 1 unspecified atom stereocenters. The van der Waals surface area contributed by atoms with Crippen molar-refractivity contribution in [1.29, 1.82) is 0 Å². The summed E-state index contributed by atoms with van der Waals surface area (Å²) in [6.07, 6.45) is 5.60. The highest BCUT2D eigenvalue weighted by Crippen LogP contribution is 2.19. The lowest BCUT2D eigenvalue weighted by Gasteiger charge is -2.33. The van der Waals surface area contributed by atoms with Gasteiger partial charge < -0.3 is 10.2 Å². The molecule has 1 aromatic heterocycles. The number of amides is 3. The maximum absolute atomic E-state index is 12.2. The van der Waals surface area contributed by atoms with E-state index in [2.05, 4.69) is 20.3 Å². The molecule has 0 aromatic carbocycles. The Hall–Kier alpha value is -1.96. The van der Waals surface area contributed by atoms with Gasteiger partial charge in [-0.1, -0.05) is 0 Å². The molecule has 0 aliphatic carbocycles. The summed E-state index contributed by atoms with van der Waals surface area (Å²) in [7, 11) is 0. The van der Waals surface area contributed by atoms with Gasteiger partial charge in [-0.15, -0.1) is 0 Å². The minimum absolute atomic E-state index is 0.140. The van der Waals surface area contributed by atoms with Crippen LogP contribution in [0.25, 0.3) is 0 Å². The molecule has 2 saturated heterocycles. The van der Waals surface area contributed by atoms with Crippen molar-refractivity contribution in [2.24, 2.45) is 5.92 Å². The fourth-order valence-electron chi connectivity index (χ4n) is 3.36. The third kappa shape index (κ3) is 3.52. The van der Waals surface area contributed by atoms with Gasteiger partial charge >= 0.3 is 6.03 Å². The standard InChI is InChI=1S/C15H24N6O2/c1-15(2)13(22)21(14(23)18-15)7-6-19-5-3-4-12(8-19)9-20-11-16-10-17-20/h10-12H,3-9H2,1-2H3,(H,18,23). The highest BCUT2D eigenvalue weighted by atomic mass is 16.2. The molecule has 1 atom stereocenters. The zero-order valence-electron chi connectivity index (χ0n) is 13.7. The van der Waals surface area contributed by atoms with Crippen LogP contribution in [0.5, 0.6) is 0 Å². The number of carbonyl (C=O) groups excluding carboxylic acids is 2. The van der Waals surface area contributed by atoms with Gasteiger partial charge in [0, 0.05) is 26.2 Å². The van der Waals surface area contributed by atoms with Crippen LogP contribution in [0.1, 0.15) is 26.7 Å². The molecule has 1 aromatic rings. The summed E-state index contributed by atoms with van der Waals surface area (Å²) in [5.74, 6) is 0.392. The third-order valence-corrected chi connectivity index (χ3v) is 4.60. The number of nitrogens with one attached hydrogen (secondary N) is 1. The van der Waals surface area contributed by atoms with Crippen LogP contribution in [0.15, 0.2) is 12.7 Å². The third-order valence-electron chi connectivity index (χ3n) is 4.60. The van der Waals surface area contributed by atoms with E-state index in [1.54, 1.807) is 26.5 Å². The van der Waals surface area contributed by atoms with E-state index in [4.69, 9.17) is 0 Å². The van der Waals surface area contributed by atoms with Crippen molar-refractivity contribution in [3.05, 3.63) is 12.7 Å². The van der Waals surface area contributed by atoms with Gasteiger partial charge in [0.1, 0.15) is 18.2 Å². The predicted octanol–water partition coefficient (Wildman–Crippen LogP) is 0.320. The molecule has 1 N–H and O–H groups in total. The summed E-state index contributed by atoms with van der Waals surface area (Å²) in [6, 6.07) is -0.281. The highest BCUT2D eigenvalue weighted by molar-refractivity contribution is 6.06. The lowest BCUT2D eigenvalue weighted by molar-refractivity contribution is -0.130. The minimum Gasteiger partial charge on any atom is -0.324 e. The second-order valence-electron chi connectivity index (χ2n) is 6.94. The monoisotopic (exact) mass is 320 g/mol. The number of piperidine rings is 1. The van der Waals surface area contributed by atoms with Crippen molar-refractivity contribution in [3.8, 4) is 0 Å². The summed E-state index contributed by atoms with van der Waals surface area (Å²) in [5, 5.41) is 6.88. The van der Waals surface area contributed by atoms with Crippen LogP contribution in [0.4, 0.5) is 4.79 Å². The van der Waals surface area contributed by atoms with E-state index in [0.717, 1.165) is 32.6 Å². The molecule has 2 aliphatic heterocycles. The Morgan fingerprint density at radius 2 is 2.17 bits per heavy atom. The zero-order chi connectivity index (χ0) is 16.4. The van der Waals surface area contributed by atoms with E-state index < -0.39 is 5.54 Å². The molecular formula is C15H24N6O2. The van der Waals surface area contributed by atoms with Gasteiger partial charge in [-0.05, 0) is 39.2 Å². The maximum Gasteiger partial charge on any atom is 0.325 e. The molecule has 0 bridgehead atoms. The van der Waals surface area contributed by atoms with Gasteiger partial charge in [0.05, 0.1) is 0 Å². The van der Waals surface area contributed by atoms with E-state index in [9.17, 15) is 9.59 Å². The highest BCUT2D eigenvalue weighted by Gasteiger charge is 2.44. The lowest BCUT2D eigenvalue weighted by Crippen LogP contribution is -2.44. The second kappa shape index (κ2) is 6.27. The van der Waals surface area contributed by atoms with Gasteiger partial charge in [-0.2, -0.15) is 5.10 Å². The fourth-order valence-corrected chi connectivity index (χ4v) is 3.36. The van der Waals surface area contributed by atoms with Crippen LogP contribution in [0.3, 0.4) is 0 Å². The van der Waals surface area contributed by atoms with Crippen LogP contribution in [0.2, 0.25) is 0 Å². The smallest absolute Gasteiger partial charge is 0.324 e. The van der Waals surface area contributed by atoms with Crippen molar-refractivity contribution in [3.63, 3.8) is 0 Å². The summed E-state index contributed by atoms with van der Waals surface area (Å²) in [5.41, 5.74) is -0.783. The van der Waals surface area contributed by atoms with Crippen molar-refractivity contribution in [1.82, 2.24) is 29.9 Å². The van der Waals surface area contributed by atoms with Gasteiger partial charge in [0.2, 0.25) is 0 Å². The van der Waals surface area contributed by atoms with E-state index in [1.165, 1.54) is 11.3 Å². The molecule has 3 amide bonds. The first-order chi connectivity index (χ1) is 11.0. The van der Waals surface area contributed by atoms with Gasteiger partial charge in [0.15, 0.2) is 0 Å². The number of likely N-dealkylation sites (tertiary alicyclic amines) is 1. The van der Waals surface area contributed by atoms with Crippen molar-refractivity contribution >= 4 is 11.9 Å². The molecule has 3 rings (SSSR count). The number of rotatable bonds is 5. The van der Waals surface area contributed by atoms with Crippen LogP contribution in [-0.4, -0.2) is 68.2 Å². The quantitative estimate of drug-likeness (QED) is 0.790. The molecule has 126 valence electrons. The number of carbonyl (C=O) groups is 2. The van der Waals surface area contributed by atoms with E-state index in [0.29, 0.717) is 12.5 Å². The number of hydrogen-bond acceptors (Lipinski definition) is 5. The van der Waals surface area contributed by atoms with Crippen LogP contribution in [-0.2, 0) is 11.3 Å². The molecule has 8 heteroatoms. The number of aromatic nitrogens is 3. The first kappa shape index (κ1) is 15.9. The topological polar surface area (TPSA) is 83.4 Å². The van der Waals surface area contributed by atoms with Crippen molar-refractivity contribution < 1.29 is 9.59 Å². The van der Waals surface area contributed by atoms with E-state index in [1.807, 2.05) is 4.68 Å². The Labute approximate surface area is 135 Å². The largest absolute Gasteiger partial charge is 0.325 e. The summed E-state index contributed by atoms with van der Waals surface area (Å²) >= 11 is 0. The normalized spacial score (nSPS) is 25.0. The fraction of sp³-hybridized carbons (Fsp3) is 0.733. The van der Waals surface area contributed by atoms with E-state index in [-0.39, 0.29) is 11.9 Å². The van der Waals surface area contributed by atoms with Gasteiger partial charge in [-0.3, -0.25) is 14.4 Å². The van der Waals surface area contributed by atoms with Crippen LogP contribution in [0, 0.1) is 5.92 Å². The average molecular weight is 320 g/mol. The number of nitrogens with zero attached hydrogens (tertiary/aromatic N) is 5. The van der Waals surface area contributed by atoms with Crippen molar-refractivity contribution in [2.75, 3.05) is 26.2 Å². The Kier molecular flexibility index (Phi) is 4.34. The molecule has 0 spiro atoms. The number of imide groups is 1. The molecule has 23 heavy (non-hydrogen) atoms. The predicted molar refractivity (Wildman–Crippen MR) is 83.5 cm³/mol. The molecule has 8 nitrogen and oxygen atoms in total. The van der Waals surface area contributed by atoms with Gasteiger partial charge in [-0.25, -0.2) is 9.78 Å². The van der Waals surface area contributed by atoms with Crippen molar-refractivity contribution in [2.45, 2.75) is 38.8 Å². The maximum atomic E-state index is 12.2. The molecule has 0 radical (unpaired) electrons. The van der Waals surface area contributed by atoms with E-state index >= 15 is 0 Å². The summed E-state index contributed by atoms with van der Waals surface area (Å²) in [6.45, 7) is 7.50. The Morgan fingerprint density at radius 1 is 1.35 bits per heavy atom. The average Bonchev–Trinajstić information content (AvgIpc) is 3.06. The van der Waals surface area contributed by atoms with Gasteiger partial charge in [0.25, 0.3) is 5.91 Å². The van der Waals surface area contributed by atoms with Crippen LogP contribution < -0.4 is 5.32 Å². The number of urea groups is 1. The summed E-state index contributed by atoms with van der Waals surface area (Å²) < 4.78 is 1.87. The molecule has 2 aliphatic rings. The van der Waals surface area contributed by atoms with Crippen LogP contribution >= 0.6 is 0 Å². The second-order valence-corrected chi connectivity index (χ2v) is 6.94. The number of hydrogen-bond donors (Lipinski definition) is 1. The Balaban J connectivity index is 1.50. The Morgan fingerprint density at radius 3 is 2.83 bits per heavy atom. The molecule has 2 fully saturated rings. The first-order valence-corrected chi connectivity index (χ1v) is 8.14.